The molecule has 0 aromatic rings. The Labute approximate surface area is 107 Å². The van der Waals surface area contributed by atoms with Crippen LogP contribution in [0.15, 0.2) is 0 Å². The third-order valence-electron chi connectivity index (χ3n) is 4.94. The molecule has 0 spiro atoms. The number of rotatable bonds is 3. The molecule has 0 bridgehead atoms. The Balaban J connectivity index is 1.79. The van der Waals surface area contributed by atoms with Gasteiger partial charge in [0.05, 0.1) is 0 Å². The van der Waals surface area contributed by atoms with Crippen LogP contribution in [0.5, 0.6) is 0 Å². The second-order valence-corrected chi connectivity index (χ2v) is 6.49. The highest BCUT2D eigenvalue weighted by Gasteiger charge is 2.28. The van der Waals surface area contributed by atoms with Crippen LogP contribution in [0.2, 0.25) is 0 Å². The first-order chi connectivity index (χ1) is 8.16. The monoisotopic (exact) mass is 238 g/mol. The van der Waals surface area contributed by atoms with Crippen molar-refractivity contribution in [1.82, 2.24) is 10.2 Å². The summed E-state index contributed by atoms with van der Waals surface area (Å²) in [5.74, 6) is 1.75. The van der Waals surface area contributed by atoms with Crippen LogP contribution < -0.4 is 5.32 Å². The van der Waals surface area contributed by atoms with Crippen LogP contribution >= 0.6 is 0 Å². The summed E-state index contributed by atoms with van der Waals surface area (Å²) in [6.45, 7) is 7.34. The number of hydrogen-bond donors (Lipinski definition) is 1. The number of piperidine rings is 1. The van der Waals surface area contributed by atoms with Crippen LogP contribution in [0.1, 0.15) is 52.4 Å². The van der Waals surface area contributed by atoms with Crippen molar-refractivity contribution in [3.05, 3.63) is 0 Å². The van der Waals surface area contributed by atoms with E-state index in [0.29, 0.717) is 0 Å². The predicted octanol–water partition coefficient (Wildman–Crippen LogP) is 2.89. The van der Waals surface area contributed by atoms with Crippen molar-refractivity contribution in [2.75, 3.05) is 20.1 Å². The summed E-state index contributed by atoms with van der Waals surface area (Å²) < 4.78 is 0. The van der Waals surface area contributed by atoms with E-state index < -0.39 is 0 Å². The molecule has 1 heterocycles. The van der Waals surface area contributed by atoms with Gasteiger partial charge < -0.3 is 10.2 Å². The van der Waals surface area contributed by atoms with E-state index in [2.05, 4.69) is 31.1 Å². The molecule has 2 nitrogen and oxygen atoms in total. The quantitative estimate of drug-likeness (QED) is 0.813. The molecule has 0 aromatic carbocycles. The highest BCUT2D eigenvalue weighted by molar-refractivity contribution is 4.86. The van der Waals surface area contributed by atoms with Gasteiger partial charge in [-0.3, -0.25) is 0 Å². The minimum Gasteiger partial charge on any atom is -0.311 e. The average Bonchev–Trinajstić information content (AvgIpc) is 2.34. The lowest BCUT2D eigenvalue weighted by Crippen LogP contribution is -2.51. The van der Waals surface area contributed by atoms with Crippen molar-refractivity contribution in [1.29, 1.82) is 0 Å². The van der Waals surface area contributed by atoms with Crippen LogP contribution in [0, 0.1) is 11.8 Å². The number of nitrogens with zero attached hydrogens (tertiary/aromatic N) is 1. The molecule has 1 saturated carbocycles. The number of hydrogen-bond acceptors (Lipinski definition) is 2. The van der Waals surface area contributed by atoms with Gasteiger partial charge in [-0.25, -0.2) is 0 Å². The lowest BCUT2D eigenvalue weighted by molar-refractivity contribution is 0.151. The number of nitrogens with one attached hydrogen (secondary N) is 1. The summed E-state index contributed by atoms with van der Waals surface area (Å²) in [4.78, 5) is 2.47. The van der Waals surface area contributed by atoms with Crippen LogP contribution in [-0.4, -0.2) is 37.1 Å². The first kappa shape index (κ1) is 13.4. The first-order valence-electron chi connectivity index (χ1n) is 7.61. The van der Waals surface area contributed by atoms with Gasteiger partial charge in [-0.05, 0) is 51.6 Å². The smallest absolute Gasteiger partial charge is 0.0120 e. The van der Waals surface area contributed by atoms with E-state index in [9.17, 15) is 0 Å². The Morgan fingerprint density at radius 2 is 1.82 bits per heavy atom. The molecule has 1 aliphatic heterocycles. The molecule has 2 aliphatic rings. The molecule has 2 rings (SSSR count). The van der Waals surface area contributed by atoms with E-state index in [4.69, 9.17) is 0 Å². The standard InChI is InChI=1S/C15H30N2/c1-12-11-17(3)10-9-15(12)16-13(2)14-7-5-4-6-8-14/h12-16H,4-11H2,1-3H3. The molecule has 3 unspecified atom stereocenters. The van der Waals surface area contributed by atoms with Gasteiger partial charge in [-0.1, -0.05) is 26.2 Å². The molecule has 17 heavy (non-hydrogen) atoms. The van der Waals surface area contributed by atoms with Crippen molar-refractivity contribution < 1.29 is 0 Å². The maximum Gasteiger partial charge on any atom is 0.0120 e. The zero-order valence-electron chi connectivity index (χ0n) is 11.9. The Kier molecular flexibility index (Phi) is 4.87. The van der Waals surface area contributed by atoms with Gasteiger partial charge in [0.25, 0.3) is 0 Å². The van der Waals surface area contributed by atoms with E-state index in [1.807, 2.05) is 0 Å². The van der Waals surface area contributed by atoms with Crippen molar-refractivity contribution in [3.63, 3.8) is 0 Å². The molecule has 0 amide bonds. The zero-order chi connectivity index (χ0) is 12.3. The Morgan fingerprint density at radius 3 is 2.47 bits per heavy atom. The van der Waals surface area contributed by atoms with Gasteiger partial charge in [-0.2, -0.15) is 0 Å². The summed E-state index contributed by atoms with van der Waals surface area (Å²) in [7, 11) is 2.25. The summed E-state index contributed by atoms with van der Waals surface area (Å²) in [6.07, 6.45) is 8.62. The third-order valence-corrected chi connectivity index (χ3v) is 4.94. The Bertz CT molecular complexity index is 223. The topological polar surface area (TPSA) is 15.3 Å². The fourth-order valence-electron chi connectivity index (χ4n) is 3.71. The molecule has 1 saturated heterocycles. The maximum absolute atomic E-state index is 3.93. The summed E-state index contributed by atoms with van der Waals surface area (Å²) in [5.41, 5.74) is 0. The van der Waals surface area contributed by atoms with E-state index in [0.717, 1.165) is 23.9 Å². The van der Waals surface area contributed by atoms with Gasteiger partial charge in [-0.15, -0.1) is 0 Å². The van der Waals surface area contributed by atoms with Gasteiger partial charge in [0.15, 0.2) is 0 Å². The van der Waals surface area contributed by atoms with E-state index >= 15 is 0 Å². The van der Waals surface area contributed by atoms with Crippen LogP contribution in [0.3, 0.4) is 0 Å². The van der Waals surface area contributed by atoms with Crippen LogP contribution in [0.25, 0.3) is 0 Å². The van der Waals surface area contributed by atoms with Crippen molar-refractivity contribution in [2.24, 2.45) is 11.8 Å². The van der Waals surface area contributed by atoms with Crippen LogP contribution in [-0.2, 0) is 0 Å². The van der Waals surface area contributed by atoms with Gasteiger partial charge in [0.2, 0.25) is 0 Å². The van der Waals surface area contributed by atoms with Crippen molar-refractivity contribution in [2.45, 2.75) is 64.5 Å². The maximum atomic E-state index is 3.93. The highest BCUT2D eigenvalue weighted by Crippen LogP contribution is 2.27. The zero-order valence-corrected chi connectivity index (χ0v) is 11.9. The molecule has 2 heteroatoms. The summed E-state index contributed by atoms with van der Waals surface area (Å²) >= 11 is 0. The minimum atomic E-state index is 0.728. The van der Waals surface area contributed by atoms with E-state index in [1.54, 1.807) is 0 Å². The minimum absolute atomic E-state index is 0.728. The molecule has 2 fully saturated rings. The van der Waals surface area contributed by atoms with Crippen molar-refractivity contribution >= 4 is 0 Å². The fraction of sp³-hybridized carbons (Fsp3) is 1.00. The first-order valence-corrected chi connectivity index (χ1v) is 7.61. The average molecular weight is 238 g/mol. The third kappa shape index (κ3) is 3.69. The van der Waals surface area contributed by atoms with Crippen LogP contribution in [0.4, 0.5) is 0 Å². The van der Waals surface area contributed by atoms with Gasteiger partial charge in [0.1, 0.15) is 0 Å². The second kappa shape index (κ2) is 6.19. The molecule has 1 aliphatic carbocycles. The lowest BCUT2D eigenvalue weighted by Gasteiger charge is -2.39. The van der Waals surface area contributed by atoms with E-state index in [-0.39, 0.29) is 0 Å². The fourth-order valence-corrected chi connectivity index (χ4v) is 3.71. The van der Waals surface area contributed by atoms with Crippen molar-refractivity contribution in [3.8, 4) is 0 Å². The molecular weight excluding hydrogens is 208 g/mol. The number of likely N-dealkylation sites (tertiary alicyclic amines) is 1. The lowest BCUT2D eigenvalue weighted by atomic mass is 9.83. The van der Waals surface area contributed by atoms with Gasteiger partial charge >= 0.3 is 0 Å². The summed E-state index contributed by atoms with van der Waals surface area (Å²) in [6, 6.07) is 1.48. The molecule has 0 aromatic heterocycles. The molecule has 0 radical (unpaired) electrons. The van der Waals surface area contributed by atoms with E-state index in [1.165, 1.54) is 51.6 Å². The predicted molar refractivity (Wildman–Crippen MR) is 74.2 cm³/mol. The molecule has 1 N–H and O–H groups in total. The second-order valence-electron chi connectivity index (χ2n) is 6.49. The molecular formula is C15H30N2. The van der Waals surface area contributed by atoms with Gasteiger partial charge in [0, 0.05) is 18.6 Å². The largest absolute Gasteiger partial charge is 0.311 e. The molecule has 3 atom stereocenters. The highest BCUT2D eigenvalue weighted by atomic mass is 15.1. The molecule has 100 valence electrons. The summed E-state index contributed by atoms with van der Waals surface area (Å²) in [5, 5.41) is 3.93. The Morgan fingerprint density at radius 1 is 1.12 bits per heavy atom. The Hall–Kier alpha value is -0.0800. The normalized spacial score (nSPS) is 34.8. The SMILES string of the molecule is CC1CN(C)CCC1NC(C)C1CCCCC1.